The van der Waals surface area contributed by atoms with E-state index in [0.717, 1.165) is 35.9 Å². The topological polar surface area (TPSA) is 98.8 Å². The van der Waals surface area contributed by atoms with Gasteiger partial charge in [0.15, 0.2) is 5.78 Å². The number of ketones is 1. The lowest BCUT2D eigenvalue weighted by Gasteiger charge is -2.48. The van der Waals surface area contributed by atoms with Crippen molar-refractivity contribution in [2.75, 3.05) is 0 Å². The highest BCUT2D eigenvalue weighted by molar-refractivity contribution is 8.16. The van der Waals surface area contributed by atoms with Crippen LogP contribution >= 0.6 is 11.8 Å². The number of imide groups is 1. The van der Waals surface area contributed by atoms with Crippen molar-refractivity contribution in [2.45, 2.75) is 48.4 Å². The number of furan rings is 2. The van der Waals surface area contributed by atoms with Gasteiger partial charge in [-0.15, -0.1) is 0 Å². The number of thioether (sulfide) groups is 1. The maximum atomic E-state index is 13.4. The van der Waals surface area contributed by atoms with Gasteiger partial charge in [0.05, 0.1) is 24.0 Å². The van der Waals surface area contributed by atoms with Crippen LogP contribution in [0.4, 0.5) is 4.79 Å². The molecule has 2 aromatic heterocycles. The van der Waals surface area contributed by atoms with Gasteiger partial charge in [-0.25, -0.2) is 0 Å². The van der Waals surface area contributed by atoms with Crippen LogP contribution < -0.4 is 5.32 Å². The van der Waals surface area contributed by atoms with Crippen molar-refractivity contribution < 1.29 is 28.0 Å². The number of ether oxygens (including phenoxy) is 1. The maximum Gasteiger partial charge on any atom is 0.286 e. The summed E-state index contributed by atoms with van der Waals surface area (Å²) in [7, 11) is 0. The zero-order chi connectivity index (χ0) is 21.2. The van der Waals surface area contributed by atoms with Gasteiger partial charge in [-0.1, -0.05) is 0 Å². The Morgan fingerprint density at radius 1 is 1.03 bits per heavy atom. The monoisotopic (exact) mass is 437 g/mol. The lowest BCUT2D eigenvalue weighted by atomic mass is 9.64. The summed E-state index contributed by atoms with van der Waals surface area (Å²) in [6.07, 6.45) is 7.08. The SMILES string of the molecule is O=C1NC(=O)[C@]2(S1)[C@H](c1ccco1)CC1OC3=C(C=C1[C@H]2c1ccco1)C(=O)CCC3. The highest BCUT2D eigenvalue weighted by Gasteiger charge is 2.65. The van der Waals surface area contributed by atoms with E-state index >= 15 is 0 Å². The summed E-state index contributed by atoms with van der Waals surface area (Å²) < 4.78 is 16.7. The highest BCUT2D eigenvalue weighted by atomic mass is 32.2. The number of hydrogen-bond donors (Lipinski definition) is 1. The van der Waals surface area contributed by atoms with E-state index < -0.39 is 21.8 Å². The second-order valence-corrected chi connectivity index (χ2v) is 9.50. The minimum atomic E-state index is -1.20. The van der Waals surface area contributed by atoms with E-state index in [1.807, 2.05) is 12.1 Å². The summed E-state index contributed by atoms with van der Waals surface area (Å²) in [6.45, 7) is 0. The Labute approximate surface area is 181 Å². The van der Waals surface area contributed by atoms with E-state index in [0.29, 0.717) is 29.9 Å². The minimum absolute atomic E-state index is 0.0483. The predicted octanol–water partition coefficient (Wildman–Crippen LogP) is 4.20. The molecule has 2 aliphatic carbocycles. The number of Topliss-reactive ketones (excluding diaryl/α,β-unsaturated/α-hetero) is 1. The molecular formula is C23H19NO6S. The van der Waals surface area contributed by atoms with Crippen molar-refractivity contribution in [3.8, 4) is 0 Å². The Kier molecular flexibility index (Phi) is 4.08. The van der Waals surface area contributed by atoms with Gasteiger partial charge in [-0.05, 0) is 54.1 Å². The molecule has 1 saturated heterocycles. The fourth-order valence-electron chi connectivity index (χ4n) is 5.39. The van der Waals surface area contributed by atoms with Gasteiger partial charge in [0.2, 0.25) is 5.91 Å². The molecule has 2 fully saturated rings. The maximum absolute atomic E-state index is 13.4. The molecule has 1 saturated carbocycles. The molecule has 1 unspecified atom stereocenters. The fourth-order valence-corrected chi connectivity index (χ4v) is 6.71. The number of amides is 2. The molecule has 0 radical (unpaired) electrons. The van der Waals surface area contributed by atoms with Gasteiger partial charge in [0, 0.05) is 25.2 Å². The zero-order valence-electron chi connectivity index (χ0n) is 16.5. The van der Waals surface area contributed by atoms with E-state index in [1.165, 1.54) is 0 Å². The smallest absolute Gasteiger partial charge is 0.286 e. The summed E-state index contributed by atoms with van der Waals surface area (Å²) in [4.78, 5) is 38.5. The Morgan fingerprint density at radius 3 is 2.48 bits per heavy atom. The van der Waals surface area contributed by atoms with Gasteiger partial charge in [0.25, 0.3) is 5.24 Å². The third-order valence-corrected chi connectivity index (χ3v) is 7.98. The number of nitrogens with one attached hydrogen (secondary N) is 1. The van der Waals surface area contributed by atoms with Crippen LogP contribution in [0.2, 0.25) is 0 Å². The zero-order valence-corrected chi connectivity index (χ0v) is 17.3. The Balaban J connectivity index is 1.59. The molecule has 2 amide bonds. The van der Waals surface area contributed by atoms with E-state index in [4.69, 9.17) is 13.6 Å². The third-order valence-electron chi connectivity index (χ3n) is 6.65. The largest absolute Gasteiger partial charge is 0.490 e. The van der Waals surface area contributed by atoms with Crippen molar-refractivity contribution in [3.63, 3.8) is 0 Å². The van der Waals surface area contributed by atoms with Crippen molar-refractivity contribution in [1.29, 1.82) is 0 Å². The highest BCUT2D eigenvalue weighted by Crippen LogP contribution is 2.62. The first-order chi connectivity index (χ1) is 15.1. The van der Waals surface area contributed by atoms with Gasteiger partial charge in [-0.2, -0.15) is 0 Å². The quantitative estimate of drug-likeness (QED) is 0.752. The number of carbonyl (C=O) groups excluding carboxylic acids is 3. The van der Waals surface area contributed by atoms with E-state index in [-0.39, 0.29) is 17.8 Å². The summed E-state index contributed by atoms with van der Waals surface area (Å²) in [5.41, 5.74) is 1.37. The average molecular weight is 437 g/mol. The third kappa shape index (κ3) is 2.64. The van der Waals surface area contributed by atoms with Crippen LogP contribution in [0, 0.1) is 0 Å². The normalized spacial score (nSPS) is 32.5. The van der Waals surface area contributed by atoms with Crippen LogP contribution in [0.3, 0.4) is 0 Å². The Morgan fingerprint density at radius 2 is 1.81 bits per heavy atom. The molecule has 0 bridgehead atoms. The Bertz CT molecular complexity index is 1140. The molecule has 158 valence electrons. The molecule has 2 aliphatic heterocycles. The van der Waals surface area contributed by atoms with E-state index in [2.05, 4.69) is 5.32 Å². The van der Waals surface area contributed by atoms with Crippen molar-refractivity contribution >= 4 is 28.7 Å². The molecular weight excluding hydrogens is 418 g/mol. The van der Waals surface area contributed by atoms with Crippen molar-refractivity contribution in [1.82, 2.24) is 5.32 Å². The molecule has 4 aliphatic rings. The second-order valence-electron chi connectivity index (χ2n) is 8.25. The summed E-state index contributed by atoms with van der Waals surface area (Å²) in [6, 6.07) is 7.17. The van der Waals surface area contributed by atoms with Crippen LogP contribution in [-0.4, -0.2) is 27.8 Å². The molecule has 1 spiro atoms. The van der Waals surface area contributed by atoms with Crippen molar-refractivity contribution in [2.24, 2.45) is 0 Å². The van der Waals surface area contributed by atoms with Gasteiger partial charge in [0.1, 0.15) is 28.1 Å². The Hall–Kier alpha value is -3.00. The van der Waals surface area contributed by atoms with E-state index in [9.17, 15) is 14.4 Å². The summed E-state index contributed by atoms with van der Waals surface area (Å²) in [5, 5.41) is 2.08. The lowest BCUT2D eigenvalue weighted by molar-refractivity contribution is -0.124. The standard InChI is InChI=1S/C23H19NO6S/c25-15-4-1-5-16-12(15)10-13-19(30-16)11-14(17-6-2-8-28-17)23(21(26)24-22(27)31-23)20(13)18-7-3-9-29-18/h2-3,6-10,14,19-20H,1,4-5,11H2,(H,24,26,27)/t14-,19?,20-,23-/m0/s1. The van der Waals surface area contributed by atoms with Crippen LogP contribution in [0.5, 0.6) is 0 Å². The van der Waals surface area contributed by atoms with Gasteiger partial charge in [-0.3, -0.25) is 19.7 Å². The molecule has 6 rings (SSSR count). The minimum Gasteiger partial charge on any atom is -0.490 e. The molecule has 7 nitrogen and oxygen atoms in total. The van der Waals surface area contributed by atoms with Gasteiger partial charge >= 0.3 is 0 Å². The number of allylic oxidation sites excluding steroid dienone is 3. The first-order valence-corrected chi connectivity index (χ1v) is 11.2. The first kappa shape index (κ1) is 18.7. The first-order valence-electron chi connectivity index (χ1n) is 10.3. The average Bonchev–Trinajstić information content (AvgIpc) is 3.50. The summed E-state index contributed by atoms with van der Waals surface area (Å²) >= 11 is 0.979. The van der Waals surface area contributed by atoms with E-state index in [1.54, 1.807) is 30.7 Å². The lowest BCUT2D eigenvalue weighted by Crippen LogP contribution is -2.53. The molecule has 31 heavy (non-hydrogen) atoms. The van der Waals surface area contributed by atoms with Crippen LogP contribution in [-0.2, 0) is 14.3 Å². The number of carbonyl (C=O) groups is 3. The fraction of sp³-hybridized carbons (Fsp3) is 0.348. The van der Waals surface area contributed by atoms with Crippen LogP contribution in [0.25, 0.3) is 0 Å². The summed E-state index contributed by atoms with van der Waals surface area (Å²) in [5.74, 6) is 0.564. The number of rotatable bonds is 2. The number of hydrogen-bond acceptors (Lipinski definition) is 7. The molecule has 2 aromatic rings. The molecule has 4 heterocycles. The van der Waals surface area contributed by atoms with Crippen molar-refractivity contribution in [3.05, 3.63) is 71.3 Å². The number of fused-ring (bicyclic) bond motifs is 1. The second kappa shape index (κ2) is 6.75. The molecule has 4 atom stereocenters. The van der Waals surface area contributed by atoms with Gasteiger partial charge < -0.3 is 13.6 Å². The molecule has 8 heteroatoms. The van der Waals surface area contributed by atoms with Crippen LogP contribution in [0.15, 0.2) is 68.6 Å². The van der Waals surface area contributed by atoms with Crippen LogP contribution in [0.1, 0.15) is 49.0 Å². The molecule has 1 N–H and O–H groups in total. The molecule has 0 aromatic carbocycles. The predicted molar refractivity (Wildman–Crippen MR) is 110 cm³/mol.